The number of hydrogen-bond donors (Lipinski definition) is 1. The van der Waals surface area contributed by atoms with E-state index in [0.29, 0.717) is 6.61 Å². The van der Waals surface area contributed by atoms with Crippen LogP contribution in [0.1, 0.15) is 49.8 Å². The van der Waals surface area contributed by atoms with Crippen LogP contribution >= 0.6 is 0 Å². The van der Waals surface area contributed by atoms with Gasteiger partial charge in [-0.15, -0.1) is 0 Å². The Kier molecular flexibility index (Phi) is 7.20. The zero-order valence-corrected chi connectivity index (χ0v) is 13.4. The molecule has 0 spiro atoms. The number of nitrogens with one attached hydrogen (secondary N) is 1. The third-order valence-corrected chi connectivity index (χ3v) is 3.96. The summed E-state index contributed by atoms with van der Waals surface area (Å²) in [5.41, 5.74) is 2.54. The molecule has 1 fully saturated rings. The highest BCUT2D eigenvalue weighted by Gasteiger charge is 2.18. The van der Waals surface area contributed by atoms with Crippen LogP contribution in [0.2, 0.25) is 0 Å². The van der Waals surface area contributed by atoms with Crippen molar-refractivity contribution < 1.29 is 9.47 Å². The first kappa shape index (κ1) is 16.5. The highest BCUT2D eigenvalue weighted by Crippen LogP contribution is 2.20. The molecule has 1 aliphatic heterocycles. The van der Waals surface area contributed by atoms with Gasteiger partial charge in [0.1, 0.15) is 0 Å². The fraction of sp³-hybridized carbons (Fsp3) is 0.667. The zero-order chi connectivity index (χ0) is 14.9. The van der Waals surface area contributed by atoms with Crippen molar-refractivity contribution in [3.63, 3.8) is 0 Å². The van der Waals surface area contributed by atoms with Crippen molar-refractivity contribution in [1.29, 1.82) is 0 Å². The first-order valence-electron chi connectivity index (χ1n) is 8.30. The van der Waals surface area contributed by atoms with Gasteiger partial charge in [-0.1, -0.05) is 36.8 Å². The molecule has 0 bridgehead atoms. The van der Waals surface area contributed by atoms with Crippen LogP contribution in [0.25, 0.3) is 0 Å². The first-order chi connectivity index (χ1) is 10.3. The van der Waals surface area contributed by atoms with Crippen LogP contribution in [0.5, 0.6) is 0 Å². The molecule has 1 aromatic rings. The average Bonchev–Trinajstić information content (AvgIpc) is 2.53. The molecule has 0 aliphatic carbocycles. The summed E-state index contributed by atoms with van der Waals surface area (Å²) in [5.74, 6) is 0. The molecule has 21 heavy (non-hydrogen) atoms. The van der Waals surface area contributed by atoms with Gasteiger partial charge in [0.25, 0.3) is 0 Å². The molecule has 0 amide bonds. The highest BCUT2D eigenvalue weighted by atomic mass is 16.5. The minimum atomic E-state index is 0.114. The largest absolute Gasteiger partial charge is 0.376 e. The lowest BCUT2D eigenvalue weighted by Crippen LogP contribution is -2.29. The van der Waals surface area contributed by atoms with Gasteiger partial charge in [0.15, 0.2) is 0 Å². The summed E-state index contributed by atoms with van der Waals surface area (Å²) in [6.07, 6.45) is 5.11. The fourth-order valence-corrected chi connectivity index (χ4v) is 2.63. The van der Waals surface area contributed by atoms with E-state index in [9.17, 15) is 0 Å². The Morgan fingerprint density at radius 1 is 1.29 bits per heavy atom. The lowest BCUT2D eigenvalue weighted by Gasteiger charge is -2.26. The van der Waals surface area contributed by atoms with Gasteiger partial charge in [0.2, 0.25) is 0 Å². The molecular weight excluding hydrogens is 262 g/mol. The molecule has 1 heterocycles. The number of aryl methyl sites for hydroxylation is 1. The predicted molar refractivity (Wildman–Crippen MR) is 86.6 cm³/mol. The van der Waals surface area contributed by atoms with Crippen LogP contribution in [-0.2, 0) is 9.47 Å². The van der Waals surface area contributed by atoms with Crippen molar-refractivity contribution >= 4 is 0 Å². The number of ether oxygens (including phenoxy) is 2. The second kappa shape index (κ2) is 9.19. The van der Waals surface area contributed by atoms with Gasteiger partial charge < -0.3 is 14.8 Å². The topological polar surface area (TPSA) is 30.5 Å². The summed E-state index contributed by atoms with van der Waals surface area (Å²) in [6.45, 7) is 7.79. The zero-order valence-electron chi connectivity index (χ0n) is 13.4. The van der Waals surface area contributed by atoms with Crippen molar-refractivity contribution in [2.24, 2.45) is 0 Å². The fourth-order valence-electron chi connectivity index (χ4n) is 2.63. The van der Waals surface area contributed by atoms with Crippen molar-refractivity contribution in [1.82, 2.24) is 5.32 Å². The SMILES string of the molecule is CCCNCC(OCC1CCCCO1)c1ccc(C)cc1. The van der Waals surface area contributed by atoms with E-state index >= 15 is 0 Å². The molecule has 1 aliphatic rings. The molecule has 0 radical (unpaired) electrons. The molecule has 0 aromatic heterocycles. The van der Waals surface area contributed by atoms with E-state index in [1.165, 1.54) is 24.0 Å². The minimum absolute atomic E-state index is 0.114. The Bertz CT molecular complexity index is 385. The standard InChI is InChI=1S/C18H29NO2/c1-3-11-19-13-18(16-9-7-15(2)8-10-16)21-14-17-6-4-5-12-20-17/h7-10,17-19H,3-6,11-14H2,1-2H3. The first-order valence-corrected chi connectivity index (χ1v) is 8.30. The van der Waals surface area contributed by atoms with Crippen molar-refractivity contribution in [2.45, 2.75) is 51.7 Å². The molecule has 2 rings (SSSR count). The number of benzene rings is 1. The second-order valence-electron chi connectivity index (χ2n) is 5.93. The van der Waals surface area contributed by atoms with Gasteiger partial charge in [0, 0.05) is 13.2 Å². The van der Waals surface area contributed by atoms with Gasteiger partial charge in [-0.05, 0) is 44.7 Å². The molecule has 0 saturated carbocycles. The minimum Gasteiger partial charge on any atom is -0.376 e. The maximum atomic E-state index is 6.17. The maximum Gasteiger partial charge on any atom is 0.0950 e. The molecule has 3 heteroatoms. The van der Waals surface area contributed by atoms with Crippen molar-refractivity contribution in [3.8, 4) is 0 Å². The summed E-state index contributed by atoms with van der Waals surface area (Å²) < 4.78 is 11.9. The Balaban J connectivity index is 1.89. The van der Waals surface area contributed by atoms with Gasteiger partial charge in [-0.25, -0.2) is 0 Å². The smallest absolute Gasteiger partial charge is 0.0950 e. The quantitative estimate of drug-likeness (QED) is 0.742. The molecule has 3 nitrogen and oxygen atoms in total. The van der Waals surface area contributed by atoms with Crippen molar-refractivity contribution in [3.05, 3.63) is 35.4 Å². The Morgan fingerprint density at radius 3 is 2.76 bits per heavy atom. The van der Waals surface area contributed by atoms with Crippen LogP contribution in [0.15, 0.2) is 24.3 Å². The summed E-state index contributed by atoms with van der Waals surface area (Å²) in [5, 5.41) is 3.47. The third-order valence-electron chi connectivity index (χ3n) is 3.96. The molecule has 1 aromatic carbocycles. The predicted octanol–water partition coefficient (Wildman–Crippen LogP) is 3.62. The number of hydrogen-bond acceptors (Lipinski definition) is 3. The van der Waals surface area contributed by atoms with E-state index < -0.39 is 0 Å². The van der Waals surface area contributed by atoms with Gasteiger partial charge in [-0.3, -0.25) is 0 Å². The Morgan fingerprint density at radius 2 is 2.10 bits per heavy atom. The van der Waals surface area contributed by atoms with Crippen LogP contribution < -0.4 is 5.32 Å². The van der Waals surface area contributed by atoms with Crippen LogP contribution in [0, 0.1) is 6.92 Å². The summed E-state index contributed by atoms with van der Waals surface area (Å²) >= 11 is 0. The lowest BCUT2D eigenvalue weighted by atomic mass is 10.1. The average molecular weight is 291 g/mol. The molecule has 1 saturated heterocycles. The third kappa shape index (κ3) is 5.77. The molecule has 118 valence electrons. The van der Waals surface area contributed by atoms with Crippen LogP contribution in [-0.4, -0.2) is 32.4 Å². The lowest BCUT2D eigenvalue weighted by molar-refractivity contribution is -0.0633. The summed E-state index contributed by atoms with van der Waals surface area (Å²) in [6, 6.07) is 8.66. The summed E-state index contributed by atoms with van der Waals surface area (Å²) in [4.78, 5) is 0. The monoisotopic (exact) mass is 291 g/mol. The highest BCUT2D eigenvalue weighted by molar-refractivity contribution is 5.23. The van der Waals surface area contributed by atoms with Gasteiger partial charge in [-0.2, -0.15) is 0 Å². The van der Waals surface area contributed by atoms with E-state index in [-0.39, 0.29) is 12.2 Å². The normalized spacial score (nSPS) is 20.4. The molecule has 2 atom stereocenters. The van der Waals surface area contributed by atoms with Crippen LogP contribution in [0.4, 0.5) is 0 Å². The molecule has 2 unspecified atom stereocenters. The van der Waals surface area contributed by atoms with Gasteiger partial charge in [0.05, 0.1) is 18.8 Å². The van der Waals surface area contributed by atoms with E-state index in [1.54, 1.807) is 0 Å². The van der Waals surface area contributed by atoms with Crippen LogP contribution in [0.3, 0.4) is 0 Å². The Labute approximate surface area is 129 Å². The van der Waals surface area contributed by atoms with E-state index in [4.69, 9.17) is 9.47 Å². The van der Waals surface area contributed by atoms with Gasteiger partial charge >= 0.3 is 0 Å². The molecular formula is C18H29NO2. The van der Waals surface area contributed by atoms with E-state index in [2.05, 4.69) is 43.4 Å². The van der Waals surface area contributed by atoms with Crippen molar-refractivity contribution in [2.75, 3.05) is 26.3 Å². The Hall–Kier alpha value is -0.900. The summed E-state index contributed by atoms with van der Waals surface area (Å²) in [7, 11) is 0. The van der Waals surface area contributed by atoms with E-state index in [0.717, 1.165) is 32.5 Å². The number of rotatable bonds is 8. The van der Waals surface area contributed by atoms with E-state index in [1.807, 2.05) is 0 Å². The second-order valence-corrected chi connectivity index (χ2v) is 5.93. The molecule has 1 N–H and O–H groups in total. The maximum absolute atomic E-state index is 6.17.